The summed E-state index contributed by atoms with van der Waals surface area (Å²) in [5.74, 6) is 0.332. The Hall–Kier alpha value is -2.04. The average molecular weight is 264 g/mol. The Labute approximate surface area is 109 Å². The quantitative estimate of drug-likeness (QED) is 0.920. The Balaban J connectivity index is 2.46. The van der Waals surface area contributed by atoms with Gasteiger partial charge >= 0.3 is 0 Å². The number of benzene rings is 1. The zero-order valence-corrected chi connectivity index (χ0v) is 10.5. The summed E-state index contributed by atoms with van der Waals surface area (Å²) in [5.41, 5.74) is 0.813. The van der Waals surface area contributed by atoms with E-state index >= 15 is 0 Å². The number of rotatable bonds is 4. The number of aromatic amines is 1. The van der Waals surface area contributed by atoms with E-state index in [0.717, 1.165) is 6.42 Å². The number of halogens is 2. The average Bonchev–Trinajstić information content (AvgIpc) is 2.38. The lowest BCUT2D eigenvalue weighted by molar-refractivity contribution is 0.151. The fourth-order valence-electron chi connectivity index (χ4n) is 1.85. The molecule has 0 aliphatic rings. The third kappa shape index (κ3) is 3.24. The predicted octanol–water partition coefficient (Wildman–Crippen LogP) is 3.33. The molecule has 2 rings (SSSR count). The van der Waals surface area contributed by atoms with Gasteiger partial charge in [0.05, 0.1) is 0 Å². The predicted molar refractivity (Wildman–Crippen MR) is 69.2 cm³/mol. The van der Waals surface area contributed by atoms with E-state index in [4.69, 9.17) is 0 Å². The number of aromatic nitrogens is 2. The molecule has 0 aliphatic heterocycles. The van der Waals surface area contributed by atoms with Gasteiger partial charge in [-0.15, -0.1) is 0 Å². The molecule has 0 unspecified atom stereocenters. The van der Waals surface area contributed by atoms with Crippen LogP contribution in [0.15, 0.2) is 35.1 Å². The molecule has 100 valence electrons. The number of H-pyrrole nitrogens is 1. The summed E-state index contributed by atoms with van der Waals surface area (Å²) in [7, 11) is 0. The van der Waals surface area contributed by atoms with E-state index in [1.807, 2.05) is 6.92 Å². The molecule has 0 atom stereocenters. The highest BCUT2D eigenvalue weighted by atomic mass is 19.3. The first kappa shape index (κ1) is 13.4. The molecule has 2 aromatic rings. The van der Waals surface area contributed by atoms with Crippen molar-refractivity contribution in [1.29, 1.82) is 0 Å². The van der Waals surface area contributed by atoms with Crippen molar-refractivity contribution in [1.82, 2.24) is 9.97 Å². The Bertz CT molecular complexity index is 623. The third-order valence-corrected chi connectivity index (χ3v) is 2.71. The van der Waals surface area contributed by atoms with Crippen LogP contribution in [0.1, 0.15) is 31.0 Å². The minimum Gasteiger partial charge on any atom is -0.307 e. The van der Waals surface area contributed by atoms with E-state index in [-0.39, 0.29) is 11.1 Å². The van der Waals surface area contributed by atoms with E-state index in [1.54, 1.807) is 6.07 Å². The lowest BCUT2D eigenvalue weighted by atomic mass is 10.1. The van der Waals surface area contributed by atoms with Gasteiger partial charge in [-0.1, -0.05) is 31.5 Å². The molecular formula is C14H14F2N2O. The maximum Gasteiger partial charge on any atom is 0.263 e. The Morgan fingerprint density at radius 1 is 1.32 bits per heavy atom. The monoisotopic (exact) mass is 264 g/mol. The normalized spacial score (nSPS) is 10.9. The van der Waals surface area contributed by atoms with Gasteiger partial charge in [0.25, 0.3) is 12.0 Å². The van der Waals surface area contributed by atoms with Gasteiger partial charge in [0.2, 0.25) is 0 Å². The molecule has 19 heavy (non-hydrogen) atoms. The van der Waals surface area contributed by atoms with E-state index in [9.17, 15) is 13.6 Å². The second kappa shape index (κ2) is 5.73. The van der Waals surface area contributed by atoms with Gasteiger partial charge in [0, 0.05) is 22.9 Å². The smallest absolute Gasteiger partial charge is 0.263 e. The van der Waals surface area contributed by atoms with Crippen molar-refractivity contribution in [2.24, 2.45) is 0 Å². The lowest BCUT2D eigenvalue weighted by Gasteiger charge is -2.06. The molecule has 0 fully saturated rings. The topological polar surface area (TPSA) is 45.8 Å². The second-order valence-electron chi connectivity index (χ2n) is 4.26. The third-order valence-electron chi connectivity index (χ3n) is 2.71. The van der Waals surface area contributed by atoms with Crippen LogP contribution in [0.2, 0.25) is 0 Å². The number of aryl methyl sites for hydroxylation is 1. The van der Waals surface area contributed by atoms with Gasteiger partial charge in [-0.05, 0) is 12.5 Å². The molecule has 0 saturated heterocycles. The minimum absolute atomic E-state index is 0.0824. The molecule has 0 radical (unpaired) electrons. The Kier molecular flexibility index (Phi) is 4.04. The fraction of sp³-hybridized carbons (Fsp3) is 0.286. The van der Waals surface area contributed by atoms with Gasteiger partial charge in [0.15, 0.2) is 0 Å². The minimum atomic E-state index is -2.54. The first-order valence-corrected chi connectivity index (χ1v) is 6.09. The Morgan fingerprint density at radius 2 is 2.11 bits per heavy atom. The van der Waals surface area contributed by atoms with Crippen LogP contribution in [-0.4, -0.2) is 9.97 Å². The highest BCUT2D eigenvalue weighted by Crippen LogP contribution is 2.23. The molecule has 1 aromatic heterocycles. The fourth-order valence-corrected chi connectivity index (χ4v) is 1.85. The van der Waals surface area contributed by atoms with Crippen molar-refractivity contribution >= 4 is 0 Å². The van der Waals surface area contributed by atoms with E-state index in [1.165, 1.54) is 24.3 Å². The number of nitrogens with zero attached hydrogens (tertiary/aromatic N) is 1. The van der Waals surface area contributed by atoms with Crippen LogP contribution < -0.4 is 5.56 Å². The lowest BCUT2D eigenvalue weighted by Crippen LogP contribution is -2.10. The summed E-state index contributed by atoms with van der Waals surface area (Å²) >= 11 is 0. The van der Waals surface area contributed by atoms with Crippen molar-refractivity contribution in [3.05, 3.63) is 51.9 Å². The van der Waals surface area contributed by atoms with Crippen LogP contribution in [0, 0.1) is 0 Å². The first-order valence-electron chi connectivity index (χ1n) is 6.09. The maximum atomic E-state index is 12.6. The van der Waals surface area contributed by atoms with E-state index < -0.39 is 6.43 Å². The molecule has 1 heterocycles. The van der Waals surface area contributed by atoms with Crippen LogP contribution in [-0.2, 0) is 6.42 Å². The van der Waals surface area contributed by atoms with Crippen LogP contribution in [0.5, 0.6) is 0 Å². The largest absolute Gasteiger partial charge is 0.307 e. The SMILES string of the molecule is CCCc1cc(=O)[nH]c(-c2cccc(C(F)F)c2)n1. The highest BCUT2D eigenvalue weighted by Gasteiger charge is 2.09. The maximum absolute atomic E-state index is 12.6. The molecule has 0 spiro atoms. The number of hydrogen-bond donors (Lipinski definition) is 1. The second-order valence-corrected chi connectivity index (χ2v) is 4.26. The van der Waals surface area contributed by atoms with E-state index in [0.29, 0.717) is 23.5 Å². The molecular weight excluding hydrogens is 250 g/mol. The van der Waals surface area contributed by atoms with E-state index in [2.05, 4.69) is 9.97 Å². The van der Waals surface area contributed by atoms with Crippen molar-refractivity contribution < 1.29 is 8.78 Å². The standard InChI is InChI=1S/C14H14F2N2O/c1-2-4-11-8-12(19)18-14(17-11)10-6-3-5-9(7-10)13(15)16/h3,5-8,13H,2,4H2,1H3,(H,17,18,19). The summed E-state index contributed by atoms with van der Waals surface area (Å²) in [6.45, 7) is 1.99. The zero-order chi connectivity index (χ0) is 13.8. The van der Waals surface area contributed by atoms with Gasteiger partial charge < -0.3 is 4.98 Å². The number of hydrogen-bond acceptors (Lipinski definition) is 2. The molecule has 1 aromatic carbocycles. The van der Waals surface area contributed by atoms with Gasteiger partial charge in [-0.25, -0.2) is 13.8 Å². The Morgan fingerprint density at radius 3 is 2.79 bits per heavy atom. The summed E-state index contributed by atoms with van der Waals surface area (Å²) in [5, 5.41) is 0. The van der Waals surface area contributed by atoms with Gasteiger partial charge in [-0.2, -0.15) is 0 Å². The van der Waals surface area contributed by atoms with Crippen LogP contribution in [0.3, 0.4) is 0 Å². The van der Waals surface area contributed by atoms with Crippen LogP contribution in [0.4, 0.5) is 8.78 Å². The van der Waals surface area contributed by atoms with Crippen molar-refractivity contribution in [3.8, 4) is 11.4 Å². The van der Waals surface area contributed by atoms with Crippen molar-refractivity contribution in [2.45, 2.75) is 26.2 Å². The highest BCUT2D eigenvalue weighted by molar-refractivity contribution is 5.56. The molecule has 1 N–H and O–H groups in total. The molecule has 0 saturated carbocycles. The van der Waals surface area contributed by atoms with Gasteiger partial charge in [-0.3, -0.25) is 4.79 Å². The number of nitrogens with one attached hydrogen (secondary N) is 1. The summed E-state index contributed by atoms with van der Waals surface area (Å²) < 4.78 is 25.3. The summed E-state index contributed by atoms with van der Waals surface area (Å²) in [4.78, 5) is 18.4. The number of alkyl halides is 2. The summed E-state index contributed by atoms with van der Waals surface area (Å²) in [6, 6.07) is 7.31. The first-order chi connectivity index (χ1) is 9.10. The van der Waals surface area contributed by atoms with Crippen molar-refractivity contribution in [3.63, 3.8) is 0 Å². The van der Waals surface area contributed by atoms with Crippen LogP contribution >= 0.6 is 0 Å². The molecule has 0 bridgehead atoms. The molecule has 5 heteroatoms. The molecule has 3 nitrogen and oxygen atoms in total. The molecule has 0 aliphatic carbocycles. The zero-order valence-electron chi connectivity index (χ0n) is 10.5. The summed E-state index contributed by atoms with van der Waals surface area (Å²) in [6.07, 6.45) is -0.983. The van der Waals surface area contributed by atoms with Crippen LogP contribution in [0.25, 0.3) is 11.4 Å². The van der Waals surface area contributed by atoms with Gasteiger partial charge in [0.1, 0.15) is 5.82 Å². The molecule has 0 amide bonds. The van der Waals surface area contributed by atoms with Crippen molar-refractivity contribution in [2.75, 3.05) is 0 Å².